The molecular formula is C10H25N3O2S. The zero-order valence-corrected chi connectivity index (χ0v) is 11.6. The number of nitrogens with two attached hydrogens (primary N) is 1. The van der Waals surface area contributed by atoms with Gasteiger partial charge in [-0.2, -0.15) is 17.0 Å². The Balaban J connectivity index is 4.29. The van der Waals surface area contributed by atoms with Crippen molar-refractivity contribution in [1.82, 2.24) is 8.61 Å². The molecule has 0 amide bonds. The van der Waals surface area contributed by atoms with Gasteiger partial charge in [0.2, 0.25) is 0 Å². The highest BCUT2D eigenvalue weighted by Crippen LogP contribution is 2.08. The molecule has 0 saturated carbocycles. The van der Waals surface area contributed by atoms with Gasteiger partial charge in [0, 0.05) is 27.2 Å². The Morgan fingerprint density at radius 1 is 1.12 bits per heavy atom. The van der Waals surface area contributed by atoms with E-state index in [-0.39, 0.29) is 0 Å². The minimum absolute atomic E-state index is 0.477. The molecular weight excluding hydrogens is 226 g/mol. The Labute approximate surface area is 99.8 Å². The van der Waals surface area contributed by atoms with Gasteiger partial charge < -0.3 is 5.73 Å². The molecule has 5 nitrogen and oxygen atoms in total. The molecule has 16 heavy (non-hydrogen) atoms. The molecule has 0 unspecified atom stereocenters. The topological polar surface area (TPSA) is 66.6 Å². The molecule has 0 aromatic carbocycles. The van der Waals surface area contributed by atoms with Crippen molar-refractivity contribution in [2.24, 2.45) is 11.7 Å². The van der Waals surface area contributed by atoms with Crippen LogP contribution in [0.15, 0.2) is 0 Å². The second-order valence-electron chi connectivity index (χ2n) is 4.48. The first-order valence-electron chi connectivity index (χ1n) is 5.70. The maximum Gasteiger partial charge on any atom is 0.281 e. The van der Waals surface area contributed by atoms with E-state index in [4.69, 9.17) is 5.73 Å². The van der Waals surface area contributed by atoms with E-state index in [1.165, 1.54) is 8.61 Å². The van der Waals surface area contributed by atoms with E-state index in [1.807, 2.05) is 0 Å². The molecule has 0 aromatic rings. The number of rotatable bonds is 8. The molecule has 0 saturated heterocycles. The monoisotopic (exact) mass is 251 g/mol. The van der Waals surface area contributed by atoms with Gasteiger partial charge in [0.1, 0.15) is 0 Å². The summed E-state index contributed by atoms with van der Waals surface area (Å²) in [6, 6.07) is 0. The molecule has 6 heteroatoms. The van der Waals surface area contributed by atoms with Gasteiger partial charge in [0.25, 0.3) is 10.2 Å². The molecule has 0 spiro atoms. The molecule has 0 aliphatic carbocycles. The van der Waals surface area contributed by atoms with Crippen LogP contribution in [0.2, 0.25) is 0 Å². The van der Waals surface area contributed by atoms with E-state index in [2.05, 4.69) is 13.8 Å². The lowest BCUT2D eigenvalue weighted by atomic mass is 10.1. The second-order valence-corrected chi connectivity index (χ2v) is 6.62. The lowest BCUT2D eigenvalue weighted by Gasteiger charge is -2.24. The smallest absolute Gasteiger partial charge is 0.281 e. The Kier molecular flexibility index (Phi) is 7.14. The summed E-state index contributed by atoms with van der Waals surface area (Å²) in [4.78, 5) is 0. The SMILES string of the molecule is CC(C)CCN(C)S(=O)(=O)N(C)CCCN. The molecule has 0 aliphatic heterocycles. The largest absolute Gasteiger partial charge is 0.330 e. The minimum Gasteiger partial charge on any atom is -0.330 e. The molecule has 0 fully saturated rings. The first kappa shape index (κ1) is 15.8. The van der Waals surface area contributed by atoms with Crippen molar-refractivity contribution in [2.45, 2.75) is 26.7 Å². The van der Waals surface area contributed by atoms with Crippen molar-refractivity contribution in [3.8, 4) is 0 Å². The summed E-state index contributed by atoms with van der Waals surface area (Å²) in [6.45, 7) is 5.71. The van der Waals surface area contributed by atoms with Gasteiger partial charge in [-0.15, -0.1) is 0 Å². The van der Waals surface area contributed by atoms with Gasteiger partial charge in [-0.05, 0) is 25.3 Å². The molecule has 0 bridgehead atoms. The van der Waals surface area contributed by atoms with Crippen LogP contribution in [0.4, 0.5) is 0 Å². The minimum atomic E-state index is -3.30. The highest BCUT2D eigenvalue weighted by Gasteiger charge is 2.22. The standard InChI is InChI=1S/C10H25N3O2S/c1-10(2)6-9-13(4)16(14,15)12(3)8-5-7-11/h10H,5-9,11H2,1-4H3. The van der Waals surface area contributed by atoms with Gasteiger partial charge in [-0.25, -0.2) is 0 Å². The van der Waals surface area contributed by atoms with Crippen molar-refractivity contribution < 1.29 is 8.42 Å². The highest BCUT2D eigenvalue weighted by atomic mass is 32.2. The van der Waals surface area contributed by atoms with Crippen LogP contribution in [0.1, 0.15) is 26.7 Å². The zero-order chi connectivity index (χ0) is 12.8. The van der Waals surface area contributed by atoms with E-state index in [0.29, 0.717) is 32.0 Å². The van der Waals surface area contributed by atoms with Crippen molar-refractivity contribution in [3.63, 3.8) is 0 Å². The van der Waals surface area contributed by atoms with E-state index < -0.39 is 10.2 Å². The Morgan fingerprint density at radius 2 is 1.62 bits per heavy atom. The number of nitrogens with zero attached hydrogens (tertiary/aromatic N) is 2. The van der Waals surface area contributed by atoms with E-state index in [1.54, 1.807) is 14.1 Å². The predicted molar refractivity (Wildman–Crippen MR) is 67.3 cm³/mol. The molecule has 0 aliphatic rings. The van der Waals surface area contributed by atoms with Crippen molar-refractivity contribution in [3.05, 3.63) is 0 Å². The van der Waals surface area contributed by atoms with E-state index >= 15 is 0 Å². The predicted octanol–water partition coefficient (Wildman–Crippen LogP) is 0.490. The highest BCUT2D eigenvalue weighted by molar-refractivity contribution is 7.86. The third-order valence-corrected chi connectivity index (χ3v) is 4.43. The third-order valence-electron chi connectivity index (χ3n) is 2.49. The maximum atomic E-state index is 12.0. The maximum absolute atomic E-state index is 12.0. The third kappa shape index (κ3) is 5.25. The van der Waals surface area contributed by atoms with Crippen molar-refractivity contribution >= 4 is 10.2 Å². The van der Waals surface area contributed by atoms with Gasteiger partial charge in [-0.3, -0.25) is 0 Å². The average molecular weight is 251 g/mol. The zero-order valence-electron chi connectivity index (χ0n) is 10.8. The van der Waals surface area contributed by atoms with Crippen LogP contribution in [-0.2, 0) is 10.2 Å². The molecule has 0 aromatic heterocycles. The summed E-state index contributed by atoms with van der Waals surface area (Å²) >= 11 is 0. The fraction of sp³-hybridized carbons (Fsp3) is 1.00. The van der Waals surface area contributed by atoms with Crippen LogP contribution in [0.3, 0.4) is 0 Å². The molecule has 98 valence electrons. The fourth-order valence-electron chi connectivity index (χ4n) is 1.22. The first-order valence-corrected chi connectivity index (χ1v) is 7.09. The van der Waals surface area contributed by atoms with Gasteiger partial charge in [0.15, 0.2) is 0 Å². The molecule has 0 radical (unpaired) electrons. The Hall–Kier alpha value is -0.170. The normalized spacial score (nSPS) is 13.0. The molecule has 0 atom stereocenters. The van der Waals surface area contributed by atoms with Gasteiger partial charge in [0.05, 0.1) is 0 Å². The van der Waals surface area contributed by atoms with E-state index in [9.17, 15) is 8.42 Å². The van der Waals surface area contributed by atoms with Crippen molar-refractivity contribution in [1.29, 1.82) is 0 Å². The summed E-state index contributed by atoms with van der Waals surface area (Å²) in [5, 5.41) is 0. The lowest BCUT2D eigenvalue weighted by molar-refractivity contribution is 0.373. The summed E-state index contributed by atoms with van der Waals surface area (Å²) in [6.07, 6.45) is 1.56. The molecule has 2 N–H and O–H groups in total. The first-order chi connectivity index (χ1) is 7.32. The Morgan fingerprint density at radius 3 is 2.06 bits per heavy atom. The number of hydrogen-bond donors (Lipinski definition) is 1. The Bertz CT molecular complexity index is 278. The average Bonchev–Trinajstić information content (AvgIpc) is 2.21. The van der Waals surface area contributed by atoms with Gasteiger partial charge >= 0.3 is 0 Å². The van der Waals surface area contributed by atoms with Crippen LogP contribution in [0.5, 0.6) is 0 Å². The van der Waals surface area contributed by atoms with E-state index in [0.717, 1.165) is 6.42 Å². The molecule has 0 rings (SSSR count). The second kappa shape index (κ2) is 7.21. The lowest BCUT2D eigenvalue weighted by Crippen LogP contribution is -2.41. The summed E-state index contributed by atoms with van der Waals surface area (Å²) < 4.78 is 26.7. The van der Waals surface area contributed by atoms with Gasteiger partial charge in [-0.1, -0.05) is 13.8 Å². The van der Waals surface area contributed by atoms with Crippen LogP contribution in [0.25, 0.3) is 0 Å². The molecule has 0 heterocycles. The fourth-order valence-corrected chi connectivity index (χ4v) is 2.39. The van der Waals surface area contributed by atoms with Crippen LogP contribution >= 0.6 is 0 Å². The van der Waals surface area contributed by atoms with Crippen LogP contribution in [0, 0.1) is 5.92 Å². The van der Waals surface area contributed by atoms with Crippen LogP contribution in [-0.4, -0.2) is 50.8 Å². The summed E-state index contributed by atoms with van der Waals surface area (Å²) in [7, 11) is -0.0800. The summed E-state index contributed by atoms with van der Waals surface area (Å²) in [5.74, 6) is 0.506. The summed E-state index contributed by atoms with van der Waals surface area (Å²) in [5.41, 5.74) is 5.36. The number of hydrogen-bond acceptors (Lipinski definition) is 3. The van der Waals surface area contributed by atoms with Crippen LogP contribution < -0.4 is 5.73 Å². The quantitative estimate of drug-likeness (QED) is 0.683. The van der Waals surface area contributed by atoms with Crippen molar-refractivity contribution in [2.75, 3.05) is 33.7 Å².